The van der Waals surface area contributed by atoms with Crippen molar-refractivity contribution in [2.45, 2.75) is 25.3 Å². The van der Waals surface area contributed by atoms with Crippen LogP contribution in [-0.2, 0) is 26.1 Å². The summed E-state index contributed by atoms with van der Waals surface area (Å²) in [5.41, 5.74) is 3.05. The van der Waals surface area contributed by atoms with Gasteiger partial charge in [-0.15, -0.1) is 0 Å². The van der Waals surface area contributed by atoms with Crippen LogP contribution in [0.2, 0.25) is 0 Å². The number of benzene rings is 2. The lowest BCUT2D eigenvalue weighted by molar-refractivity contribution is 0.0471. The second-order valence-corrected chi connectivity index (χ2v) is 8.43. The molecule has 0 bridgehead atoms. The smallest absolute Gasteiger partial charge is 0.338 e. The average molecular weight is 389 g/mol. The van der Waals surface area contributed by atoms with Crippen LogP contribution in [0.25, 0.3) is 0 Å². The van der Waals surface area contributed by atoms with Gasteiger partial charge in [0.1, 0.15) is 6.61 Å². The third kappa shape index (κ3) is 4.37. The van der Waals surface area contributed by atoms with E-state index in [2.05, 4.69) is 0 Å². The highest BCUT2D eigenvalue weighted by Gasteiger charge is 2.26. The van der Waals surface area contributed by atoms with Crippen LogP contribution < -0.4 is 0 Å². The first-order valence-electron chi connectivity index (χ1n) is 8.80. The van der Waals surface area contributed by atoms with Crippen molar-refractivity contribution >= 4 is 16.0 Å². The number of carbonyl (C=O) groups excluding carboxylic acids is 1. The first kappa shape index (κ1) is 19.5. The van der Waals surface area contributed by atoms with Crippen LogP contribution in [0.1, 0.15) is 27.0 Å². The van der Waals surface area contributed by atoms with Crippen molar-refractivity contribution in [2.75, 3.05) is 26.3 Å². The van der Waals surface area contributed by atoms with Crippen molar-refractivity contribution in [1.29, 1.82) is 0 Å². The molecule has 0 atom stereocenters. The molecule has 27 heavy (non-hydrogen) atoms. The summed E-state index contributed by atoms with van der Waals surface area (Å²) >= 11 is 0. The van der Waals surface area contributed by atoms with Gasteiger partial charge in [0.2, 0.25) is 10.0 Å². The number of rotatable bonds is 5. The molecule has 144 valence electrons. The number of hydrogen-bond acceptors (Lipinski definition) is 5. The lowest BCUT2D eigenvalue weighted by Gasteiger charge is -2.26. The van der Waals surface area contributed by atoms with E-state index in [0.29, 0.717) is 37.4 Å². The van der Waals surface area contributed by atoms with Crippen LogP contribution in [-0.4, -0.2) is 45.0 Å². The number of ether oxygens (including phenoxy) is 2. The monoisotopic (exact) mass is 389 g/mol. The molecule has 0 radical (unpaired) electrons. The van der Waals surface area contributed by atoms with Gasteiger partial charge >= 0.3 is 5.97 Å². The van der Waals surface area contributed by atoms with Crippen LogP contribution >= 0.6 is 0 Å². The number of hydrogen-bond donors (Lipinski definition) is 0. The van der Waals surface area contributed by atoms with Gasteiger partial charge in [-0.1, -0.05) is 24.3 Å². The number of nitrogens with zero attached hydrogens (tertiary/aromatic N) is 1. The normalized spacial score (nSPS) is 15.5. The Morgan fingerprint density at radius 2 is 1.81 bits per heavy atom. The molecule has 0 aromatic heterocycles. The second kappa shape index (κ2) is 8.21. The SMILES string of the molecule is Cc1cccc(C(=O)OCc2cccc(S(=O)(=O)N3CCOCC3)c2)c1C. The first-order valence-corrected chi connectivity index (χ1v) is 10.2. The molecule has 0 N–H and O–H groups in total. The lowest BCUT2D eigenvalue weighted by Crippen LogP contribution is -2.40. The number of carbonyl (C=O) groups is 1. The van der Waals surface area contributed by atoms with Crippen LogP contribution in [0.5, 0.6) is 0 Å². The van der Waals surface area contributed by atoms with Crippen molar-refractivity contribution in [3.05, 3.63) is 64.7 Å². The van der Waals surface area contributed by atoms with Gasteiger partial charge in [-0.3, -0.25) is 0 Å². The van der Waals surface area contributed by atoms with Crippen LogP contribution in [0, 0.1) is 13.8 Å². The van der Waals surface area contributed by atoms with Crippen molar-refractivity contribution in [3.63, 3.8) is 0 Å². The van der Waals surface area contributed by atoms with Crippen LogP contribution in [0.4, 0.5) is 0 Å². The van der Waals surface area contributed by atoms with E-state index in [0.717, 1.165) is 11.1 Å². The number of morpholine rings is 1. The van der Waals surface area contributed by atoms with Gasteiger partial charge in [-0.25, -0.2) is 13.2 Å². The molecule has 2 aromatic carbocycles. The molecule has 0 saturated carbocycles. The van der Waals surface area contributed by atoms with Gasteiger partial charge in [0.05, 0.1) is 23.7 Å². The van der Waals surface area contributed by atoms with E-state index in [1.165, 1.54) is 4.31 Å². The van der Waals surface area contributed by atoms with Crippen molar-refractivity contribution in [3.8, 4) is 0 Å². The minimum absolute atomic E-state index is 0.0126. The molecule has 2 aromatic rings. The third-order valence-electron chi connectivity index (χ3n) is 4.70. The van der Waals surface area contributed by atoms with Crippen LogP contribution in [0.15, 0.2) is 47.4 Å². The molecule has 7 heteroatoms. The molecule has 0 aliphatic carbocycles. The Balaban J connectivity index is 1.72. The summed E-state index contributed by atoms with van der Waals surface area (Å²) in [6, 6.07) is 12.0. The Morgan fingerprint density at radius 1 is 1.11 bits per heavy atom. The molecule has 1 saturated heterocycles. The molecule has 1 fully saturated rings. The summed E-state index contributed by atoms with van der Waals surface area (Å²) in [5, 5.41) is 0. The number of esters is 1. The second-order valence-electron chi connectivity index (χ2n) is 6.49. The highest BCUT2D eigenvalue weighted by molar-refractivity contribution is 7.89. The summed E-state index contributed by atoms with van der Waals surface area (Å²) in [6.45, 7) is 5.30. The minimum atomic E-state index is -3.57. The molecule has 0 spiro atoms. The van der Waals surface area contributed by atoms with Crippen molar-refractivity contribution < 1.29 is 22.7 Å². The fraction of sp³-hybridized carbons (Fsp3) is 0.350. The summed E-state index contributed by atoms with van der Waals surface area (Å²) in [7, 11) is -3.57. The molecular weight excluding hydrogens is 366 g/mol. The van der Waals surface area contributed by atoms with Gasteiger partial charge in [-0.2, -0.15) is 4.31 Å². The van der Waals surface area contributed by atoms with E-state index >= 15 is 0 Å². The maximum absolute atomic E-state index is 12.7. The molecule has 1 heterocycles. The van der Waals surface area contributed by atoms with E-state index in [9.17, 15) is 13.2 Å². The minimum Gasteiger partial charge on any atom is -0.457 e. The average Bonchev–Trinajstić information content (AvgIpc) is 2.69. The van der Waals surface area contributed by atoms with E-state index in [4.69, 9.17) is 9.47 Å². The maximum Gasteiger partial charge on any atom is 0.338 e. The molecule has 6 nitrogen and oxygen atoms in total. The van der Waals surface area contributed by atoms with E-state index in [1.807, 2.05) is 26.0 Å². The maximum atomic E-state index is 12.7. The predicted octanol–water partition coefficient (Wildman–Crippen LogP) is 2.68. The molecule has 1 aliphatic heterocycles. The fourth-order valence-electron chi connectivity index (χ4n) is 2.93. The lowest BCUT2D eigenvalue weighted by atomic mass is 10.0. The first-order chi connectivity index (χ1) is 12.9. The standard InChI is InChI=1S/C20H23NO5S/c1-15-5-3-8-19(16(15)2)20(22)26-14-17-6-4-7-18(13-17)27(23,24)21-9-11-25-12-10-21/h3-8,13H,9-12,14H2,1-2H3. The van der Waals surface area contributed by atoms with Gasteiger partial charge in [-0.05, 0) is 48.7 Å². The zero-order valence-corrected chi connectivity index (χ0v) is 16.3. The Kier molecular flexibility index (Phi) is 5.94. The number of aryl methyl sites for hydroxylation is 1. The largest absolute Gasteiger partial charge is 0.457 e. The Morgan fingerprint density at radius 3 is 2.56 bits per heavy atom. The van der Waals surface area contributed by atoms with Crippen molar-refractivity contribution in [2.24, 2.45) is 0 Å². The molecule has 3 rings (SSSR count). The Hall–Kier alpha value is -2.22. The highest BCUT2D eigenvalue weighted by atomic mass is 32.2. The summed E-state index contributed by atoms with van der Waals surface area (Å²) in [4.78, 5) is 12.6. The number of sulfonamides is 1. The van der Waals surface area contributed by atoms with Gasteiger partial charge in [0.15, 0.2) is 0 Å². The Bertz CT molecular complexity index is 933. The summed E-state index contributed by atoms with van der Waals surface area (Å²) in [5.74, 6) is -0.419. The van der Waals surface area contributed by atoms with Gasteiger partial charge in [0.25, 0.3) is 0 Å². The quantitative estimate of drug-likeness (QED) is 0.735. The van der Waals surface area contributed by atoms with Crippen LogP contribution in [0.3, 0.4) is 0 Å². The fourth-order valence-corrected chi connectivity index (χ4v) is 4.41. The zero-order chi connectivity index (χ0) is 19.4. The van der Waals surface area contributed by atoms with E-state index < -0.39 is 16.0 Å². The molecular formula is C20H23NO5S. The zero-order valence-electron chi connectivity index (χ0n) is 15.5. The van der Waals surface area contributed by atoms with E-state index in [-0.39, 0.29) is 11.5 Å². The molecule has 1 aliphatic rings. The topological polar surface area (TPSA) is 72.9 Å². The van der Waals surface area contributed by atoms with Gasteiger partial charge in [0, 0.05) is 13.1 Å². The van der Waals surface area contributed by atoms with Gasteiger partial charge < -0.3 is 9.47 Å². The summed E-state index contributed by atoms with van der Waals surface area (Å²) < 4.78 is 37.5. The molecule has 0 unspecified atom stereocenters. The summed E-state index contributed by atoms with van der Waals surface area (Å²) in [6.07, 6.45) is 0. The Labute approximate surface area is 159 Å². The molecule has 0 amide bonds. The predicted molar refractivity (Wildman–Crippen MR) is 101 cm³/mol. The highest BCUT2D eigenvalue weighted by Crippen LogP contribution is 2.20. The van der Waals surface area contributed by atoms with Crippen molar-refractivity contribution in [1.82, 2.24) is 4.31 Å². The van der Waals surface area contributed by atoms with E-state index in [1.54, 1.807) is 30.3 Å². The third-order valence-corrected chi connectivity index (χ3v) is 6.60.